The first-order valence-corrected chi connectivity index (χ1v) is 16.5. The Labute approximate surface area is 292 Å². The van der Waals surface area contributed by atoms with Crippen molar-refractivity contribution in [2.45, 2.75) is 33.4 Å². The van der Waals surface area contributed by atoms with E-state index >= 15 is 0 Å². The summed E-state index contributed by atoms with van der Waals surface area (Å²) in [5.74, 6) is 0.549. The number of nitrogens with one attached hydrogen (secondary N) is 3. The van der Waals surface area contributed by atoms with Crippen LogP contribution < -0.4 is 30.3 Å². The molecule has 0 saturated heterocycles. The molecule has 10 nitrogen and oxygen atoms in total. The molecule has 0 spiro atoms. The van der Waals surface area contributed by atoms with Crippen molar-refractivity contribution >= 4 is 62.1 Å². The number of carbonyl (C=O) groups is 2. The Kier molecular flexibility index (Phi) is 11.6. The van der Waals surface area contributed by atoms with Gasteiger partial charge >= 0.3 is 5.97 Å². The number of amides is 1. The molecule has 48 heavy (non-hydrogen) atoms. The number of para-hydroxylation sites is 1. The van der Waals surface area contributed by atoms with Crippen LogP contribution in [0.3, 0.4) is 0 Å². The minimum absolute atomic E-state index is 0.222. The molecular weight excluding hydrogens is 696 g/mol. The molecule has 1 heterocycles. The van der Waals surface area contributed by atoms with Crippen LogP contribution in [0.5, 0.6) is 17.2 Å². The Bertz CT molecular complexity index is 1890. The van der Waals surface area contributed by atoms with E-state index in [0.29, 0.717) is 62.4 Å². The molecule has 0 fully saturated rings. The van der Waals surface area contributed by atoms with E-state index in [0.717, 1.165) is 16.3 Å². The third kappa shape index (κ3) is 8.31. The maximum absolute atomic E-state index is 12.8. The van der Waals surface area contributed by atoms with Crippen LogP contribution in [0.4, 0.5) is 0 Å². The Hall–Kier alpha value is -4.94. The maximum atomic E-state index is 12.8. The Balaban J connectivity index is 1.24. The van der Waals surface area contributed by atoms with Crippen molar-refractivity contribution in [1.82, 2.24) is 16.1 Å². The number of esters is 1. The minimum Gasteiger partial charge on any atom is -0.490 e. The van der Waals surface area contributed by atoms with E-state index in [2.05, 4.69) is 55.3 Å². The number of hydrogen-bond donors (Lipinski definition) is 3. The van der Waals surface area contributed by atoms with Crippen LogP contribution in [0.1, 0.15) is 43.5 Å². The molecule has 0 aliphatic carbocycles. The first kappa shape index (κ1) is 34.4. The number of nitrogens with zero attached hydrogens (tertiary/aromatic N) is 1. The normalized spacial score (nSPS) is 14.3. The van der Waals surface area contributed by atoms with Gasteiger partial charge in [0.05, 0.1) is 35.5 Å². The van der Waals surface area contributed by atoms with Crippen molar-refractivity contribution in [2.24, 2.45) is 5.10 Å². The smallest absolute Gasteiger partial charge is 0.338 e. The summed E-state index contributed by atoms with van der Waals surface area (Å²) in [5.41, 5.74) is 5.80. The number of halogens is 1. The Morgan fingerprint density at radius 2 is 1.73 bits per heavy atom. The number of ether oxygens (including phenoxy) is 4. The number of fused-ring (bicyclic) bond motifs is 1. The molecule has 4 aromatic rings. The summed E-state index contributed by atoms with van der Waals surface area (Å²) in [6.07, 6.45) is 1.51. The van der Waals surface area contributed by atoms with Gasteiger partial charge in [0.2, 0.25) is 0 Å². The number of carbonyl (C=O) groups excluding carboxylic acids is 2. The second kappa shape index (κ2) is 16.2. The van der Waals surface area contributed by atoms with Crippen molar-refractivity contribution in [2.75, 3.05) is 19.8 Å². The molecule has 1 atom stereocenters. The highest BCUT2D eigenvalue weighted by Crippen LogP contribution is 2.38. The van der Waals surface area contributed by atoms with Crippen molar-refractivity contribution in [3.8, 4) is 17.2 Å². The highest BCUT2D eigenvalue weighted by atomic mass is 79.9. The van der Waals surface area contributed by atoms with E-state index in [1.807, 2.05) is 43.3 Å². The quantitative estimate of drug-likeness (QED) is 0.0616. The SMILES string of the molecule is CCOC(=O)C1=C(C)NC(=S)N[C@@H]1c1ccccc1OCC(=O)NN=Cc1cc(Br)c(OCc2cccc3ccccc23)c(OCC)c1. The van der Waals surface area contributed by atoms with Crippen LogP contribution in [-0.2, 0) is 20.9 Å². The van der Waals surface area contributed by atoms with Crippen molar-refractivity contribution < 1.29 is 28.5 Å². The summed E-state index contributed by atoms with van der Waals surface area (Å²) in [7, 11) is 0. The zero-order chi connectivity index (χ0) is 34.0. The van der Waals surface area contributed by atoms with Gasteiger partial charge in [0, 0.05) is 11.3 Å². The predicted molar refractivity (Wildman–Crippen MR) is 192 cm³/mol. The molecule has 248 valence electrons. The summed E-state index contributed by atoms with van der Waals surface area (Å²) in [4.78, 5) is 25.5. The largest absolute Gasteiger partial charge is 0.490 e. The van der Waals surface area contributed by atoms with E-state index < -0.39 is 17.9 Å². The molecule has 4 aromatic carbocycles. The van der Waals surface area contributed by atoms with E-state index in [4.69, 9.17) is 31.2 Å². The predicted octanol–water partition coefficient (Wildman–Crippen LogP) is 6.47. The van der Waals surface area contributed by atoms with Gasteiger partial charge in [-0.2, -0.15) is 5.10 Å². The Morgan fingerprint density at radius 3 is 2.54 bits per heavy atom. The summed E-state index contributed by atoms with van der Waals surface area (Å²) in [6, 6.07) is 24.4. The molecule has 0 aromatic heterocycles. The highest BCUT2D eigenvalue weighted by molar-refractivity contribution is 9.10. The van der Waals surface area contributed by atoms with Crippen LogP contribution in [-0.4, -0.2) is 43.0 Å². The standard InChI is InChI=1S/C36H35BrN4O6S/c1-4-44-30-18-23(17-28(37)34(30)47-20-25-13-10-12-24-11-6-7-14-26(24)25)19-38-41-31(42)21-46-29-16-9-8-15-27(29)33-32(35(43)45-5-2)22(3)39-36(48)40-33/h6-19,33H,4-5,20-21H2,1-3H3,(H,41,42)(H2,39,40,48)/t33-/m1/s1. The molecule has 0 bridgehead atoms. The molecule has 1 amide bonds. The maximum Gasteiger partial charge on any atom is 0.338 e. The lowest BCUT2D eigenvalue weighted by molar-refractivity contribution is -0.139. The van der Waals surface area contributed by atoms with Gasteiger partial charge in [-0.3, -0.25) is 4.79 Å². The van der Waals surface area contributed by atoms with Gasteiger partial charge in [-0.1, -0.05) is 60.7 Å². The molecule has 5 rings (SSSR count). The lowest BCUT2D eigenvalue weighted by Crippen LogP contribution is -2.45. The van der Waals surface area contributed by atoms with Gasteiger partial charge < -0.3 is 29.6 Å². The van der Waals surface area contributed by atoms with Crippen LogP contribution in [0.15, 0.2) is 99.7 Å². The zero-order valence-corrected chi connectivity index (χ0v) is 29.1. The lowest BCUT2D eigenvalue weighted by Gasteiger charge is -2.30. The van der Waals surface area contributed by atoms with Gasteiger partial charge in [-0.05, 0) is 89.0 Å². The molecule has 12 heteroatoms. The molecule has 1 aliphatic heterocycles. The van der Waals surface area contributed by atoms with Crippen LogP contribution in [0.25, 0.3) is 10.8 Å². The average molecular weight is 732 g/mol. The number of thiocarbonyl (C=S) groups is 1. The molecular formula is C36H35BrN4O6S. The van der Waals surface area contributed by atoms with Crippen LogP contribution >= 0.6 is 28.1 Å². The molecule has 3 N–H and O–H groups in total. The van der Waals surface area contributed by atoms with Crippen molar-refractivity contribution in [3.05, 3.63) is 111 Å². The second-order valence-electron chi connectivity index (χ2n) is 10.6. The summed E-state index contributed by atoms with van der Waals surface area (Å²) in [5, 5.41) is 12.8. The highest BCUT2D eigenvalue weighted by Gasteiger charge is 2.32. The van der Waals surface area contributed by atoms with Gasteiger partial charge in [0.25, 0.3) is 5.91 Å². The summed E-state index contributed by atoms with van der Waals surface area (Å²) in [6.45, 7) is 6.07. The molecule has 0 unspecified atom stereocenters. The topological polar surface area (TPSA) is 120 Å². The summed E-state index contributed by atoms with van der Waals surface area (Å²) < 4.78 is 24.0. The molecule has 0 saturated carbocycles. The number of allylic oxidation sites excluding steroid dienone is 1. The zero-order valence-electron chi connectivity index (χ0n) is 26.7. The third-order valence-corrected chi connectivity index (χ3v) is 8.15. The fourth-order valence-electron chi connectivity index (χ4n) is 5.25. The van der Waals surface area contributed by atoms with Gasteiger partial charge in [0.15, 0.2) is 23.2 Å². The number of benzene rings is 4. The van der Waals surface area contributed by atoms with E-state index in [1.54, 1.807) is 38.1 Å². The second-order valence-corrected chi connectivity index (χ2v) is 11.9. The molecule has 1 aliphatic rings. The molecule has 0 radical (unpaired) electrons. The van der Waals surface area contributed by atoms with Gasteiger partial charge in [-0.15, -0.1) is 0 Å². The van der Waals surface area contributed by atoms with Gasteiger partial charge in [0.1, 0.15) is 12.4 Å². The third-order valence-electron chi connectivity index (χ3n) is 7.34. The van der Waals surface area contributed by atoms with Crippen molar-refractivity contribution in [1.29, 1.82) is 0 Å². The fraction of sp³-hybridized carbons (Fsp3) is 0.222. The summed E-state index contributed by atoms with van der Waals surface area (Å²) >= 11 is 8.95. The number of rotatable bonds is 13. The first-order chi connectivity index (χ1) is 23.3. The fourth-order valence-corrected chi connectivity index (χ4v) is 6.09. The monoisotopic (exact) mass is 730 g/mol. The number of hydrogen-bond acceptors (Lipinski definition) is 8. The number of hydrazone groups is 1. The first-order valence-electron chi connectivity index (χ1n) is 15.3. The van der Waals surface area contributed by atoms with Crippen LogP contribution in [0.2, 0.25) is 0 Å². The average Bonchev–Trinajstić information content (AvgIpc) is 3.07. The van der Waals surface area contributed by atoms with Crippen molar-refractivity contribution in [3.63, 3.8) is 0 Å². The Morgan fingerprint density at radius 1 is 0.958 bits per heavy atom. The van der Waals surface area contributed by atoms with E-state index in [9.17, 15) is 9.59 Å². The lowest BCUT2D eigenvalue weighted by atomic mass is 9.95. The van der Waals surface area contributed by atoms with Gasteiger partial charge in [-0.25, -0.2) is 10.2 Å². The van der Waals surface area contributed by atoms with E-state index in [1.165, 1.54) is 6.21 Å². The minimum atomic E-state index is -0.632. The van der Waals surface area contributed by atoms with E-state index in [-0.39, 0.29) is 13.2 Å². The van der Waals surface area contributed by atoms with Crippen LogP contribution in [0, 0.1) is 0 Å².